The Morgan fingerprint density at radius 1 is 0.800 bits per heavy atom. The van der Waals surface area contributed by atoms with Crippen molar-refractivity contribution in [3.05, 3.63) is 70.3 Å². The molecule has 0 atom stereocenters. The van der Waals surface area contributed by atoms with Crippen molar-refractivity contribution in [1.29, 1.82) is 0 Å². The number of hydrogen-bond donors (Lipinski definition) is 2. The molecule has 0 fully saturated rings. The first-order chi connectivity index (χ1) is 18.7. The van der Waals surface area contributed by atoms with Crippen LogP contribution in [0.2, 0.25) is 18.1 Å². The molecule has 208 valence electrons. The molecule has 5 rings (SSSR count). The van der Waals surface area contributed by atoms with Gasteiger partial charge in [-0.05, 0) is 99.6 Å². The topological polar surface area (TPSA) is 92.9 Å². The van der Waals surface area contributed by atoms with Crippen LogP contribution in [0, 0.1) is 0 Å². The fraction of sp³-hybridized carbons (Fsp3) is 0.344. The maximum atomic E-state index is 13.3. The van der Waals surface area contributed by atoms with Crippen molar-refractivity contribution in [2.24, 2.45) is 0 Å². The van der Waals surface area contributed by atoms with Crippen molar-refractivity contribution in [1.82, 2.24) is 19.9 Å². The minimum Gasteiger partial charge on any atom is -0.456 e. The molecule has 2 N–H and O–H groups in total. The zero-order valence-corrected chi connectivity index (χ0v) is 25.6. The van der Waals surface area contributed by atoms with Crippen molar-refractivity contribution in [2.75, 3.05) is 0 Å². The number of hydrogen-bond acceptors (Lipinski definition) is 5. The molecule has 0 radical (unpaired) electrons. The third-order valence-electron chi connectivity index (χ3n) is 7.49. The van der Waals surface area contributed by atoms with Gasteiger partial charge in [0, 0.05) is 16.6 Å². The average Bonchev–Trinajstić information content (AvgIpc) is 3.62. The summed E-state index contributed by atoms with van der Waals surface area (Å²) in [6, 6.07) is 11.6. The lowest BCUT2D eigenvalue weighted by molar-refractivity contribution is 0.00736. The average molecular weight is 555 g/mol. The summed E-state index contributed by atoms with van der Waals surface area (Å²) in [5.41, 5.74) is 7.07. The van der Waals surface area contributed by atoms with Gasteiger partial charge in [-0.25, -0.2) is 14.8 Å². The second-order valence-corrected chi connectivity index (χ2v) is 17.7. The summed E-state index contributed by atoms with van der Waals surface area (Å²) >= 11 is 0. The molecule has 40 heavy (non-hydrogen) atoms. The number of nitrogens with zero attached hydrogens (tertiary/aromatic N) is 2. The van der Waals surface area contributed by atoms with Crippen LogP contribution in [0.3, 0.4) is 0 Å². The van der Waals surface area contributed by atoms with Gasteiger partial charge in [0.05, 0.1) is 40.4 Å². The third-order valence-corrected chi connectivity index (χ3v) is 12.0. The van der Waals surface area contributed by atoms with Gasteiger partial charge in [-0.1, -0.05) is 20.8 Å². The van der Waals surface area contributed by atoms with Crippen molar-refractivity contribution in [3.63, 3.8) is 0 Å². The molecule has 0 amide bonds. The van der Waals surface area contributed by atoms with E-state index < -0.39 is 19.9 Å². The van der Waals surface area contributed by atoms with Gasteiger partial charge >= 0.3 is 5.97 Å². The Morgan fingerprint density at radius 3 is 1.75 bits per heavy atom. The zero-order chi connectivity index (χ0) is 28.9. The highest BCUT2D eigenvalue weighted by Gasteiger charge is 2.37. The number of ether oxygens (including phenoxy) is 1. The van der Waals surface area contributed by atoms with Gasteiger partial charge in [0.1, 0.15) is 11.2 Å². The van der Waals surface area contributed by atoms with Crippen LogP contribution in [0.25, 0.3) is 46.4 Å². The van der Waals surface area contributed by atoms with E-state index in [2.05, 4.69) is 43.8 Å². The summed E-state index contributed by atoms with van der Waals surface area (Å²) in [6.07, 6.45) is 8.02. The quantitative estimate of drug-likeness (QED) is 0.173. The molecule has 7 nitrogen and oxygen atoms in total. The molecule has 2 aliphatic heterocycles. The molecular formula is C32H38N4O3Si. The van der Waals surface area contributed by atoms with E-state index >= 15 is 0 Å². The first kappa shape index (κ1) is 27.8. The molecule has 3 aromatic rings. The molecule has 0 unspecified atom stereocenters. The lowest BCUT2D eigenvalue weighted by Crippen LogP contribution is -2.40. The molecule has 2 aliphatic rings. The molecule has 3 aromatic heterocycles. The Kier molecular flexibility index (Phi) is 6.96. The SMILES string of the molecule is CC(C)(C)OC(=O)c1c2ccc(cc3nc(c(CO[Si](C)(C)C(C)(C)C)c4nc(cc5ccc1[nH]5)C=C4)C=C3)[nH]2. The summed E-state index contributed by atoms with van der Waals surface area (Å²) in [5.74, 6) is -0.404. The summed E-state index contributed by atoms with van der Waals surface area (Å²) in [6.45, 7) is 17.3. The Bertz CT molecular complexity index is 1600. The first-order valence-electron chi connectivity index (χ1n) is 13.7. The van der Waals surface area contributed by atoms with E-state index in [9.17, 15) is 4.79 Å². The Balaban J connectivity index is 1.73. The number of aromatic nitrogens is 4. The van der Waals surface area contributed by atoms with Crippen LogP contribution in [0.5, 0.6) is 0 Å². The van der Waals surface area contributed by atoms with Crippen LogP contribution in [0.4, 0.5) is 0 Å². The third kappa shape index (κ3) is 5.88. The second kappa shape index (κ2) is 10.0. The zero-order valence-electron chi connectivity index (χ0n) is 24.6. The molecule has 8 heteroatoms. The normalized spacial score (nSPS) is 13.6. The van der Waals surface area contributed by atoms with Gasteiger partial charge in [-0.15, -0.1) is 0 Å². The minimum absolute atomic E-state index is 0.0917. The first-order valence-corrected chi connectivity index (χ1v) is 16.6. The highest BCUT2D eigenvalue weighted by molar-refractivity contribution is 6.74. The standard InChI is InChI=1S/C32H38N4O3Si/c1-31(2,3)39-30(37)29-27-15-11-22(35-27)17-20-9-13-25(33-20)24(19-38-40(7,8)32(4,5)6)26-14-10-21(34-26)18-23-12-16-28(29)36-23/h9-18,35-36H,19H2,1-8H3. The van der Waals surface area contributed by atoms with Crippen molar-refractivity contribution in [2.45, 2.75) is 71.9 Å². The lowest BCUT2D eigenvalue weighted by Gasteiger charge is -2.36. The summed E-state index contributed by atoms with van der Waals surface area (Å²) < 4.78 is 12.4. The van der Waals surface area contributed by atoms with Crippen LogP contribution < -0.4 is 0 Å². The van der Waals surface area contributed by atoms with Gasteiger partial charge in [0.25, 0.3) is 0 Å². The number of H-pyrrole nitrogens is 2. The van der Waals surface area contributed by atoms with Crippen LogP contribution in [0.15, 0.2) is 36.4 Å². The lowest BCUT2D eigenvalue weighted by atomic mass is 10.1. The van der Waals surface area contributed by atoms with E-state index in [4.69, 9.17) is 19.1 Å². The summed E-state index contributed by atoms with van der Waals surface area (Å²) in [7, 11) is -2.00. The molecule has 5 heterocycles. The molecule has 0 aromatic carbocycles. The predicted octanol–water partition coefficient (Wildman–Crippen LogP) is 8.13. The van der Waals surface area contributed by atoms with Gasteiger partial charge in [0.2, 0.25) is 0 Å². The monoisotopic (exact) mass is 554 g/mol. The van der Waals surface area contributed by atoms with Crippen molar-refractivity contribution in [3.8, 4) is 0 Å². The van der Waals surface area contributed by atoms with Crippen LogP contribution >= 0.6 is 0 Å². The Hall–Kier alpha value is -3.75. The van der Waals surface area contributed by atoms with E-state index in [0.717, 1.165) is 39.4 Å². The van der Waals surface area contributed by atoms with E-state index in [1.54, 1.807) is 0 Å². The predicted molar refractivity (Wildman–Crippen MR) is 166 cm³/mol. The number of rotatable bonds is 4. The number of esters is 1. The van der Waals surface area contributed by atoms with Gasteiger partial charge < -0.3 is 19.1 Å². The maximum Gasteiger partial charge on any atom is 0.342 e. The fourth-order valence-corrected chi connectivity index (χ4v) is 5.24. The smallest absolute Gasteiger partial charge is 0.342 e. The minimum atomic E-state index is -2.00. The van der Waals surface area contributed by atoms with E-state index in [1.807, 2.05) is 81.5 Å². The van der Waals surface area contributed by atoms with Gasteiger partial charge in [0.15, 0.2) is 8.32 Å². The molecular weight excluding hydrogens is 516 g/mol. The highest BCUT2D eigenvalue weighted by atomic mass is 28.4. The summed E-state index contributed by atoms with van der Waals surface area (Å²) in [5, 5.41) is 0.0917. The van der Waals surface area contributed by atoms with E-state index in [0.29, 0.717) is 23.2 Å². The molecule has 0 saturated heterocycles. The van der Waals surface area contributed by atoms with Crippen LogP contribution in [0.1, 0.15) is 80.2 Å². The number of aromatic amines is 2. The van der Waals surface area contributed by atoms with Crippen LogP contribution in [-0.2, 0) is 15.8 Å². The van der Waals surface area contributed by atoms with Crippen LogP contribution in [-0.4, -0.2) is 39.8 Å². The Morgan fingerprint density at radius 2 is 1.30 bits per heavy atom. The highest BCUT2D eigenvalue weighted by Crippen LogP contribution is 2.37. The largest absolute Gasteiger partial charge is 0.456 e. The van der Waals surface area contributed by atoms with Crippen molar-refractivity contribution < 1.29 is 14.0 Å². The van der Waals surface area contributed by atoms with Crippen molar-refractivity contribution >= 4 is 60.7 Å². The number of carbonyl (C=O) groups is 1. The Labute approximate surface area is 236 Å². The fourth-order valence-electron chi connectivity index (χ4n) is 4.30. The number of carbonyl (C=O) groups excluding carboxylic acids is 1. The van der Waals surface area contributed by atoms with E-state index in [1.165, 1.54) is 0 Å². The molecule has 0 aliphatic carbocycles. The molecule has 0 spiro atoms. The number of fused-ring (bicyclic) bond motifs is 8. The molecule has 8 bridgehead atoms. The maximum absolute atomic E-state index is 13.3. The van der Waals surface area contributed by atoms with Gasteiger partial charge in [-0.3, -0.25) is 0 Å². The summed E-state index contributed by atoms with van der Waals surface area (Å²) in [4.78, 5) is 30.0. The second-order valence-electron chi connectivity index (χ2n) is 12.9. The molecule has 0 saturated carbocycles. The number of nitrogens with one attached hydrogen (secondary N) is 2. The van der Waals surface area contributed by atoms with Gasteiger partial charge in [-0.2, -0.15) is 0 Å². The van der Waals surface area contributed by atoms with E-state index in [-0.39, 0.29) is 5.04 Å².